The van der Waals surface area contributed by atoms with Gasteiger partial charge >= 0.3 is 7.12 Å². The Hall–Kier alpha value is -0.585. The Kier molecular flexibility index (Phi) is 3.05. The second kappa shape index (κ2) is 4.29. The first-order valence-corrected chi connectivity index (χ1v) is 5.07. The molecule has 2 saturated heterocycles. The van der Waals surface area contributed by atoms with Gasteiger partial charge in [-0.15, -0.1) is 0 Å². The van der Waals surface area contributed by atoms with E-state index >= 15 is 0 Å². The number of nitrogens with zero attached hydrogens (tertiary/aromatic N) is 1. The molecule has 2 aliphatic rings. The van der Waals surface area contributed by atoms with Crippen LogP contribution in [0.4, 0.5) is 0 Å². The van der Waals surface area contributed by atoms with Crippen LogP contribution in [0.25, 0.3) is 0 Å². The van der Waals surface area contributed by atoms with E-state index in [-0.39, 0.29) is 11.9 Å². The summed E-state index contributed by atoms with van der Waals surface area (Å²) in [4.78, 5) is 13.4. The molecule has 2 fully saturated rings. The third-order valence-corrected chi connectivity index (χ3v) is 2.79. The molecule has 0 aromatic rings. The Labute approximate surface area is 83.6 Å². The summed E-state index contributed by atoms with van der Waals surface area (Å²) >= 11 is 0. The summed E-state index contributed by atoms with van der Waals surface area (Å²) in [7, 11) is -0.635. The first-order chi connectivity index (χ1) is 6.77. The van der Waals surface area contributed by atoms with E-state index in [1.807, 2.05) is 4.90 Å². The number of amides is 1. The van der Waals surface area contributed by atoms with Crippen LogP contribution in [0.5, 0.6) is 0 Å². The van der Waals surface area contributed by atoms with Crippen molar-refractivity contribution in [2.24, 2.45) is 0 Å². The molecule has 6 heteroatoms. The van der Waals surface area contributed by atoms with Crippen molar-refractivity contribution in [1.82, 2.24) is 10.2 Å². The molecule has 0 spiro atoms. The number of hydrogen-bond donors (Lipinski definition) is 2. The van der Waals surface area contributed by atoms with Gasteiger partial charge in [-0.3, -0.25) is 4.79 Å². The fourth-order valence-electron chi connectivity index (χ4n) is 1.98. The Morgan fingerprint density at radius 2 is 2.50 bits per heavy atom. The van der Waals surface area contributed by atoms with Gasteiger partial charge in [0.15, 0.2) is 0 Å². The molecule has 0 radical (unpaired) electrons. The number of nitrogens with one attached hydrogen (secondary N) is 1. The van der Waals surface area contributed by atoms with E-state index in [0.29, 0.717) is 19.5 Å². The predicted molar refractivity (Wildman–Crippen MR) is 51.7 cm³/mol. The van der Waals surface area contributed by atoms with E-state index in [9.17, 15) is 4.79 Å². The molecule has 1 amide bonds. The molecule has 1 atom stereocenters. The van der Waals surface area contributed by atoms with Gasteiger partial charge in [-0.2, -0.15) is 0 Å². The van der Waals surface area contributed by atoms with Gasteiger partial charge in [-0.25, -0.2) is 0 Å². The lowest BCUT2D eigenvalue weighted by atomic mass is 9.79. The van der Waals surface area contributed by atoms with Gasteiger partial charge in [0, 0.05) is 13.1 Å². The largest absolute Gasteiger partial charge is 0.454 e. The van der Waals surface area contributed by atoms with Crippen LogP contribution in [0, 0.1) is 0 Å². The monoisotopic (exact) mass is 198 g/mol. The van der Waals surface area contributed by atoms with Crippen molar-refractivity contribution in [2.75, 3.05) is 26.2 Å². The average molecular weight is 198 g/mol. The molecule has 14 heavy (non-hydrogen) atoms. The highest BCUT2D eigenvalue weighted by atomic mass is 16.5. The molecule has 2 rings (SSSR count). The Morgan fingerprint density at radius 1 is 1.64 bits per heavy atom. The molecule has 0 aliphatic carbocycles. The van der Waals surface area contributed by atoms with Crippen LogP contribution in [0.15, 0.2) is 0 Å². The second-order valence-corrected chi connectivity index (χ2v) is 3.78. The molecule has 0 aromatic heterocycles. The van der Waals surface area contributed by atoms with Crippen LogP contribution < -0.4 is 5.32 Å². The zero-order valence-electron chi connectivity index (χ0n) is 8.11. The van der Waals surface area contributed by atoms with Gasteiger partial charge in [-0.05, 0) is 12.7 Å². The summed E-state index contributed by atoms with van der Waals surface area (Å²) in [6, 6.07) is 0.160. The Bertz CT molecular complexity index is 219. The summed E-state index contributed by atoms with van der Waals surface area (Å²) in [5, 5.41) is 12.2. The van der Waals surface area contributed by atoms with Crippen LogP contribution in [-0.2, 0) is 9.45 Å². The van der Waals surface area contributed by atoms with Gasteiger partial charge in [0.05, 0.1) is 19.2 Å². The lowest BCUT2D eigenvalue weighted by molar-refractivity contribution is -0.135. The molecule has 5 nitrogen and oxygen atoms in total. The number of piperazine rings is 1. The van der Waals surface area contributed by atoms with Crippen molar-refractivity contribution in [2.45, 2.75) is 18.8 Å². The van der Waals surface area contributed by atoms with Crippen molar-refractivity contribution in [1.29, 1.82) is 0 Å². The zero-order valence-corrected chi connectivity index (χ0v) is 8.11. The zero-order chi connectivity index (χ0) is 9.97. The molecule has 0 saturated carbocycles. The van der Waals surface area contributed by atoms with E-state index in [1.165, 1.54) is 0 Å². The summed E-state index contributed by atoms with van der Waals surface area (Å²) in [6.07, 6.45) is 1.47. The standard InChI is InChI=1S/C8H15BN2O3/c12-8-5-10-3-4-11(8)7-1-2-9(13)14-6-7/h7,10,13H,1-6H2/t7-/m1/s1. The predicted octanol–water partition coefficient (Wildman–Crippen LogP) is -1.31. The van der Waals surface area contributed by atoms with Crippen molar-refractivity contribution in [3.05, 3.63) is 0 Å². The highest BCUT2D eigenvalue weighted by molar-refractivity contribution is 6.42. The highest BCUT2D eigenvalue weighted by Gasteiger charge is 2.31. The highest BCUT2D eigenvalue weighted by Crippen LogP contribution is 2.16. The molecule has 2 aliphatic heterocycles. The van der Waals surface area contributed by atoms with Gasteiger partial charge in [0.2, 0.25) is 5.91 Å². The molecule has 0 unspecified atom stereocenters. The summed E-state index contributed by atoms with van der Waals surface area (Å²) in [6.45, 7) is 2.50. The summed E-state index contributed by atoms with van der Waals surface area (Å²) < 4.78 is 5.13. The Morgan fingerprint density at radius 3 is 3.14 bits per heavy atom. The maximum atomic E-state index is 11.5. The van der Waals surface area contributed by atoms with Gasteiger partial charge < -0.3 is 19.9 Å². The van der Waals surface area contributed by atoms with Crippen LogP contribution in [0.1, 0.15) is 6.42 Å². The minimum absolute atomic E-state index is 0.140. The minimum Gasteiger partial charge on any atom is -0.427 e. The average Bonchev–Trinajstić information content (AvgIpc) is 2.20. The number of carbonyl (C=O) groups is 1. The molecule has 0 bridgehead atoms. The fraction of sp³-hybridized carbons (Fsp3) is 0.875. The van der Waals surface area contributed by atoms with Crippen LogP contribution in [0.3, 0.4) is 0 Å². The van der Waals surface area contributed by atoms with Crippen LogP contribution in [0.2, 0.25) is 6.32 Å². The lowest BCUT2D eigenvalue weighted by Crippen LogP contribution is -2.55. The van der Waals surface area contributed by atoms with Gasteiger partial charge in [0.1, 0.15) is 0 Å². The second-order valence-electron chi connectivity index (χ2n) is 3.78. The lowest BCUT2D eigenvalue weighted by Gasteiger charge is -2.37. The fourth-order valence-corrected chi connectivity index (χ4v) is 1.98. The number of carbonyl (C=O) groups excluding carboxylic acids is 1. The van der Waals surface area contributed by atoms with E-state index in [2.05, 4.69) is 5.32 Å². The first kappa shape index (κ1) is 9.95. The molecule has 78 valence electrons. The van der Waals surface area contributed by atoms with Crippen molar-refractivity contribution in [3.63, 3.8) is 0 Å². The van der Waals surface area contributed by atoms with E-state index in [1.54, 1.807) is 0 Å². The van der Waals surface area contributed by atoms with Crippen LogP contribution >= 0.6 is 0 Å². The van der Waals surface area contributed by atoms with E-state index < -0.39 is 7.12 Å². The van der Waals surface area contributed by atoms with Crippen molar-refractivity contribution >= 4 is 13.0 Å². The maximum absolute atomic E-state index is 11.5. The summed E-state index contributed by atoms with van der Waals surface area (Å²) in [5.41, 5.74) is 0. The SMILES string of the molecule is O=C1CNCCN1[C@@H]1CCB(O)OC1. The van der Waals surface area contributed by atoms with Crippen LogP contribution in [-0.4, -0.2) is 55.2 Å². The number of rotatable bonds is 1. The number of hydrogen-bond acceptors (Lipinski definition) is 4. The van der Waals surface area contributed by atoms with E-state index in [0.717, 1.165) is 19.5 Å². The third-order valence-electron chi connectivity index (χ3n) is 2.79. The maximum Gasteiger partial charge on any atom is 0.454 e. The Balaban J connectivity index is 1.90. The quantitative estimate of drug-likeness (QED) is 0.513. The molecule has 0 aromatic carbocycles. The summed E-state index contributed by atoms with van der Waals surface area (Å²) in [5.74, 6) is 0.140. The topological polar surface area (TPSA) is 61.8 Å². The molecular weight excluding hydrogens is 183 g/mol. The van der Waals surface area contributed by atoms with Crippen molar-refractivity contribution < 1.29 is 14.5 Å². The normalized spacial score (nSPS) is 29.5. The molecular formula is C8H15BN2O3. The van der Waals surface area contributed by atoms with Crippen molar-refractivity contribution in [3.8, 4) is 0 Å². The minimum atomic E-state index is -0.635. The van der Waals surface area contributed by atoms with E-state index in [4.69, 9.17) is 9.68 Å². The van der Waals surface area contributed by atoms with Gasteiger partial charge in [-0.1, -0.05) is 0 Å². The third kappa shape index (κ3) is 2.08. The molecule has 2 heterocycles. The first-order valence-electron chi connectivity index (χ1n) is 5.07. The molecule has 2 N–H and O–H groups in total. The smallest absolute Gasteiger partial charge is 0.427 e. The van der Waals surface area contributed by atoms with Gasteiger partial charge in [0.25, 0.3) is 0 Å².